The Bertz CT molecular complexity index is 967. The second-order valence-corrected chi connectivity index (χ2v) is 7.28. The minimum atomic E-state index is -0.587. The zero-order valence-corrected chi connectivity index (χ0v) is 17.8. The zero-order valence-electron chi connectivity index (χ0n) is 17.8. The quantitative estimate of drug-likeness (QED) is 0.752. The van der Waals surface area contributed by atoms with Crippen LogP contribution in [0.5, 0.6) is 5.75 Å². The van der Waals surface area contributed by atoms with Gasteiger partial charge in [-0.2, -0.15) is 5.10 Å². The molecule has 0 bridgehead atoms. The number of aryl methyl sites for hydroxylation is 2. The van der Waals surface area contributed by atoms with Crippen LogP contribution in [0.25, 0.3) is 0 Å². The van der Waals surface area contributed by atoms with E-state index in [9.17, 15) is 14.4 Å². The Labute approximate surface area is 174 Å². The SMILES string of the molecule is COC(=O)c1c(NC(=O)C2CCC(=O)N(C)C2c2ccc(OC)cc2)c(C)nn1C. The van der Waals surface area contributed by atoms with E-state index in [1.54, 1.807) is 45.2 Å². The van der Waals surface area contributed by atoms with Crippen LogP contribution < -0.4 is 10.1 Å². The van der Waals surface area contributed by atoms with Crippen LogP contribution in [-0.4, -0.2) is 53.7 Å². The maximum Gasteiger partial charge on any atom is 0.358 e. The molecule has 3 rings (SSSR count). The third-order valence-electron chi connectivity index (χ3n) is 5.50. The Balaban J connectivity index is 1.93. The van der Waals surface area contributed by atoms with E-state index in [1.807, 2.05) is 12.1 Å². The number of aromatic nitrogens is 2. The van der Waals surface area contributed by atoms with Gasteiger partial charge in [0.25, 0.3) is 0 Å². The van der Waals surface area contributed by atoms with Gasteiger partial charge in [0.1, 0.15) is 5.75 Å². The first-order valence-electron chi connectivity index (χ1n) is 9.60. The van der Waals surface area contributed by atoms with Crippen LogP contribution in [0, 0.1) is 12.8 Å². The van der Waals surface area contributed by atoms with E-state index >= 15 is 0 Å². The Kier molecular flexibility index (Phi) is 6.09. The number of amides is 2. The molecule has 2 amide bonds. The molecule has 0 radical (unpaired) electrons. The number of nitrogens with zero attached hydrogens (tertiary/aromatic N) is 3. The predicted octanol–water partition coefficient (Wildman–Crippen LogP) is 2.07. The van der Waals surface area contributed by atoms with Gasteiger partial charge in [0, 0.05) is 20.5 Å². The van der Waals surface area contributed by atoms with E-state index < -0.39 is 17.9 Å². The van der Waals surface area contributed by atoms with Gasteiger partial charge < -0.3 is 19.7 Å². The van der Waals surface area contributed by atoms with E-state index in [-0.39, 0.29) is 23.9 Å². The van der Waals surface area contributed by atoms with Crippen molar-refractivity contribution in [2.75, 3.05) is 26.6 Å². The number of carbonyl (C=O) groups excluding carboxylic acids is 3. The van der Waals surface area contributed by atoms with Gasteiger partial charge in [-0.05, 0) is 31.0 Å². The van der Waals surface area contributed by atoms with Crippen LogP contribution >= 0.6 is 0 Å². The molecule has 1 aromatic carbocycles. The lowest BCUT2D eigenvalue weighted by molar-refractivity contribution is -0.140. The first-order valence-corrected chi connectivity index (χ1v) is 9.60. The molecule has 160 valence electrons. The topological polar surface area (TPSA) is 103 Å². The van der Waals surface area contributed by atoms with Gasteiger partial charge in [-0.3, -0.25) is 14.3 Å². The van der Waals surface area contributed by atoms with Crippen molar-refractivity contribution in [3.63, 3.8) is 0 Å². The number of piperidine rings is 1. The fraction of sp³-hybridized carbons (Fsp3) is 0.429. The Morgan fingerprint density at radius 2 is 1.83 bits per heavy atom. The van der Waals surface area contributed by atoms with Gasteiger partial charge in [-0.1, -0.05) is 12.1 Å². The second-order valence-electron chi connectivity index (χ2n) is 7.28. The fourth-order valence-electron chi connectivity index (χ4n) is 3.92. The molecule has 1 aliphatic heterocycles. The average molecular weight is 414 g/mol. The number of nitrogens with one attached hydrogen (secondary N) is 1. The van der Waals surface area contributed by atoms with Gasteiger partial charge in [0.2, 0.25) is 11.8 Å². The minimum Gasteiger partial charge on any atom is -0.497 e. The summed E-state index contributed by atoms with van der Waals surface area (Å²) < 4.78 is 11.4. The highest BCUT2D eigenvalue weighted by molar-refractivity contribution is 6.02. The van der Waals surface area contributed by atoms with Crippen LogP contribution in [-0.2, 0) is 21.4 Å². The molecule has 2 atom stereocenters. The highest BCUT2D eigenvalue weighted by Gasteiger charge is 2.39. The number of carbonyl (C=O) groups is 3. The molecule has 0 saturated carbocycles. The number of rotatable bonds is 5. The molecular formula is C21H26N4O5. The number of hydrogen-bond acceptors (Lipinski definition) is 6. The summed E-state index contributed by atoms with van der Waals surface area (Å²) in [5, 5.41) is 7.08. The van der Waals surface area contributed by atoms with E-state index in [4.69, 9.17) is 9.47 Å². The second kappa shape index (κ2) is 8.56. The van der Waals surface area contributed by atoms with Crippen LogP contribution in [0.1, 0.15) is 40.6 Å². The molecule has 0 aliphatic carbocycles. The van der Waals surface area contributed by atoms with Gasteiger partial charge >= 0.3 is 5.97 Å². The van der Waals surface area contributed by atoms with Gasteiger partial charge in [-0.15, -0.1) is 0 Å². The highest BCUT2D eigenvalue weighted by Crippen LogP contribution is 2.37. The summed E-state index contributed by atoms with van der Waals surface area (Å²) in [7, 11) is 6.17. The van der Waals surface area contributed by atoms with Crippen molar-refractivity contribution in [3.05, 3.63) is 41.2 Å². The van der Waals surface area contributed by atoms with Crippen molar-refractivity contribution in [3.8, 4) is 5.75 Å². The van der Waals surface area contributed by atoms with Crippen LogP contribution in [0.4, 0.5) is 5.69 Å². The number of methoxy groups -OCH3 is 2. The number of benzene rings is 1. The standard InChI is InChI=1S/C21H26N4O5/c1-12-17(19(21(28)30-5)25(3)23-12)22-20(27)15-10-11-16(26)24(2)18(15)13-6-8-14(29-4)9-7-13/h6-9,15,18H,10-11H2,1-5H3,(H,22,27). The average Bonchev–Trinajstić information content (AvgIpc) is 3.02. The summed E-state index contributed by atoms with van der Waals surface area (Å²) in [4.78, 5) is 39.4. The molecule has 2 unspecified atom stereocenters. The fourth-order valence-corrected chi connectivity index (χ4v) is 3.92. The molecule has 9 nitrogen and oxygen atoms in total. The molecule has 9 heteroatoms. The minimum absolute atomic E-state index is 0.0207. The number of ether oxygens (including phenoxy) is 2. The molecule has 1 fully saturated rings. The Morgan fingerprint density at radius 1 is 1.17 bits per heavy atom. The van der Waals surface area contributed by atoms with Crippen molar-refractivity contribution in [2.24, 2.45) is 13.0 Å². The van der Waals surface area contributed by atoms with E-state index in [0.29, 0.717) is 23.6 Å². The number of likely N-dealkylation sites (tertiary alicyclic amines) is 1. The lowest BCUT2D eigenvalue weighted by atomic mass is 9.84. The zero-order chi connectivity index (χ0) is 22.0. The molecule has 30 heavy (non-hydrogen) atoms. The summed E-state index contributed by atoms with van der Waals surface area (Å²) in [5.74, 6) is -0.690. The van der Waals surface area contributed by atoms with E-state index in [1.165, 1.54) is 11.8 Å². The maximum atomic E-state index is 13.3. The molecular weight excluding hydrogens is 388 g/mol. The first kappa shape index (κ1) is 21.4. The molecule has 1 aliphatic rings. The molecule has 2 heterocycles. The molecule has 1 N–H and O–H groups in total. The molecule has 0 spiro atoms. The van der Waals surface area contributed by atoms with Crippen molar-refractivity contribution < 1.29 is 23.9 Å². The summed E-state index contributed by atoms with van der Waals surface area (Å²) >= 11 is 0. The van der Waals surface area contributed by atoms with Gasteiger partial charge in [0.05, 0.1) is 37.6 Å². The smallest absolute Gasteiger partial charge is 0.358 e. The number of hydrogen-bond donors (Lipinski definition) is 1. The molecule has 2 aromatic rings. The van der Waals surface area contributed by atoms with Crippen LogP contribution in [0.15, 0.2) is 24.3 Å². The first-order chi connectivity index (χ1) is 14.3. The Hall–Kier alpha value is -3.36. The summed E-state index contributed by atoms with van der Waals surface area (Å²) in [6, 6.07) is 6.88. The third kappa shape index (κ3) is 3.87. The van der Waals surface area contributed by atoms with Crippen molar-refractivity contribution >= 4 is 23.5 Å². The molecule has 1 saturated heterocycles. The lowest BCUT2D eigenvalue weighted by Crippen LogP contribution is -2.44. The number of anilines is 1. The maximum absolute atomic E-state index is 13.3. The Morgan fingerprint density at radius 3 is 2.43 bits per heavy atom. The third-order valence-corrected chi connectivity index (χ3v) is 5.50. The van der Waals surface area contributed by atoms with Crippen LogP contribution in [0.3, 0.4) is 0 Å². The molecule has 1 aromatic heterocycles. The summed E-state index contributed by atoms with van der Waals surface area (Å²) in [6.45, 7) is 1.71. The monoisotopic (exact) mass is 414 g/mol. The largest absolute Gasteiger partial charge is 0.497 e. The number of esters is 1. The van der Waals surface area contributed by atoms with Crippen LogP contribution in [0.2, 0.25) is 0 Å². The predicted molar refractivity (Wildman–Crippen MR) is 109 cm³/mol. The normalized spacial score (nSPS) is 18.8. The van der Waals surface area contributed by atoms with Crippen molar-refractivity contribution in [1.29, 1.82) is 0 Å². The van der Waals surface area contributed by atoms with E-state index in [2.05, 4.69) is 10.4 Å². The van der Waals surface area contributed by atoms with Crippen molar-refractivity contribution in [1.82, 2.24) is 14.7 Å². The summed E-state index contributed by atoms with van der Waals surface area (Å²) in [6.07, 6.45) is 0.676. The van der Waals surface area contributed by atoms with Crippen molar-refractivity contribution in [2.45, 2.75) is 25.8 Å². The van der Waals surface area contributed by atoms with E-state index in [0.717, 1.165) is 5.56 Å². The van der Waals surface area contributed by atoms with Gasteiger partial charge in [-0.25, -0.2) is 4.79 Å². The summed E-state index contributed by atoms with van der Waals surface area (Å²) in [5.41, 5.74) is 1.84. The lowest BCUT2D eigenvalue weighted by Gasteiger charge is -2.38. The highest BCUT2D eigenvalue weighted by atomic mass is 16.5. The van der Waals surface area contributed by atoms with Gasteiger partial charge in [0.15, 0.2) is 5.69 Å².